The third-order valence-electron chi connectivity index (χ3n) is 5.66. The topological polar surface area (TPSA) is 68.1 Å². The van der Waals surface area contributed by atoms with Crippen LogP contribution in [0.5, 0.6) is 0 Å². The van der Waals surface area contributed by atoms with Gasteiger partial charge in [-0.2, -0.15) is 0 Å². The van der Waals surface area contributed by atoms with E-state index in [4.69, 9.17) is 4.98 Å². The average molecular weight is 443 g/mol. The van der Waals surface area contributed by atoms with E-state index >= 15 is 0 Å². The molecule has 0 aliphatic carbocycles. The number of hydrogen-bond donors (Lipinski definition) is 0. The molecular formula is C25H22N4O2S. The molecule has 1 aliphatic heterocycles. The number of para-hydroxylation sites is 2. The van der Waals surface area contributed by atoms with Crippen molar-refractivity contribution in [3.63, 3.8) is 0 Å². The zero-order valence-corrected chi connectivity index (χ0v) is 18.7. The summed E-state index contributed by atoms with van der Waals surface area (Å²) in [7, 11) is 0. The fourth-order valence-corrected chi connectivity index (χ4v) is 5.01. The number of thioether (sulfide) groups is 1. The van der Waals surface area contributed by atoms with Gasteiger partial charge in [0.25, 0.3) is 5.56 Å². The van der Waals surface area contributed by atoms with Crippen LogP contribution < -0.4 is 10.5 Å². The van der Waals surface area contributed by atoms with Crippen LogP contribution >= 0.6 is 11.8 Å². The molecule has 0 bridgehead atoms. The molecule has 0 saturated heterocycles. The third kappa shape index (κ3) is 3.58. The summed E-state index contributed by atoms with van der Waals surface area (Å²) in [5.74, 6) is 0.507. The first-order valence-corrected chi connectivity index (χ1v) is 11.4. The number of aromatic nitrogens is 3. The quantitative estimate of drug-likeness (QED) is 0.351. The number of fused-ring (bicyclic) bond motifs is 2. The highest BCUT2D eigenvalue weighted by Crippen LogP contribution is 2.31. The van der Waals surface area contributed by atoms with Crippen molar-refractivity contribution in [1.29, 1.82) is 0 Å². The normalized spacial score (nSPS) is 13.9. The lowest BCUT2D eigenvalue weighted by molar-refractivity contribution is -0.117. The monoisotopic (exact) mass is 442 g/mol. The van der Waals surface area contributed by atoms with E-state index in [1.54, 1.807) is 12.3 Å². The number of nitrogens with zero attached hydrogens (tertiary/aromatic N) is 4. The highest BCUT2D eigenvalue weighted by molar-refractivity contribution is 8.00. The highest BCUT2D eigenvalue weighted by Gasteiger charge is 2.29. The van der Waals surface area contributed by atoms with Crippen molar-refractivity contribution in [3.05, 3.63) is 88.3 Å². The second-order valence-electron chi connectivity index (χ2n) is 7.87. The van der Waals surface area contributed by atoms with E-state index in [0.717, 1.165) is 17.7 Å². The van der Waals surface area contributed by atoms with Gasteiger partial charge in [0, 0.05) is 18.4 Å². The molecule has 1 aliphatic rings. The van der Waals surface area contributed by atoms with Crippen molar-refractivity contribution in [2.75, 3.05) is 11.4 Å². The minimum atomic E-state index is -0.426. The number of amides is 1. The second-order valence-corrected chi connectivity index (χ2v) is 9.18. The molecule has 1 amide bonds. The second kappa shape index (κ2) is 8.24. The molecule has 0 saturated carbocycles. The maximum atomic E-state index is 13.4. The first kappa shape index (κ1) is 20.5. The van der Waals surface area contributed by atoms with Crippen LogP contribution in [0.4, 0.5) is 5.69 Å². The fourth-order valence-electron chi connectivity index (χ4n) is 4.03. The molecule has 7 heteroatoms. The maximum absolute atomic E-state index is 13.4. The van der Waals surface area contributed by atoms with Gasteiger partial charge in [0.15, 0.2) is 5.16 Å². The van der Waals surface area contributed by atoms with Crippen LogP contribution in [-0.4, -0.2) is 32.2 Å². The summed E-state index contributed by atoms with van der Waals surface area (Å²) >= 11 is 1.29. The van der Waals surface area contributed by atoms with E-state index in [1.165, 1.54) is 21.9 Å². The summed E-state index contributed by atoms with van der Waals surface area (Å²) in [6.45, 7) is 4.48. The Morgan fingerprint density at radius 1 is 1.09 bits per heavy atom. The lowest BCUT2D eigenvalue weighted by atomic mass is 10.2. The molecule has 0 N–H and O–H groups in total. The van der Waals surface area contributed by atoms with Gasteiger partial charge < -0.3 is 4.90 Å². The van der Waals surface area contributed by atoms with Crippen LogP contribution in [-0.2, 0) is 11.2 Å². The van der Waals surface area contributed by atoms with Gasteiger partial charge in [-0.1, -0.05) is 42.1 Å². The van der Waals surface area contributed by atoms with Gasteiger partial charge in [-0.05, 0) is 61.7 Å². The molecule has 3 heterocycles. The van der Waals surface area contributed by atoms with Crippen molar-refractivity contribution in [1.82, 2.24) is 14.5 Å². The minimum absolute atomic E-state index is 0.00566. The van der Waals surface area contributed by atoms with Gasteiger partial charge in [0.1, 0.15) is 5.82 Å². The molecule has 32 heavy (non-hydrogen) atoms. The Morgan fingerprint density at radius 3 is 2.72 bits per heavy atom. The molecule has 4 aromatic rings. The minimum Gasteiger partial charge on any atom is -0.311 e. The number of carbonyl (C=O) groups excluding carboxylic acids is 1. The Morgan fingerprint density at radius 2 is 1.88 bits per heavy atom. The predicted molar refractivity (Wildman–Crippen MR) is 128 cm³/mol. The van der Waals surface area contributed by atoms with Crippen LogP contribution in [0.25, 0.3) is 16.7 Å². The summed E-state index contributed by atoms with van der Waals surface area (Å²) in [5.41, 5.74) is 3.55. The molecule has 0 fully saturated rings. The molecule has 1 unspecified atom stereocenters. The summed E-state index contributed by atoms with van der Waals surface area (Å²) in [6, 6.07) is 19.0. The lowest BCUT2D eigenvalue weighted by Crippen LogP contribution is -2.35. The van der Waals surface area contributed by atoms with Crippen LogP contribution in [0.1, 0.15) is 18.1 Å². The molecular weight excluding hydrogens is 420 g/mol. The van der Waals surface area contributed by atoms with E-state index in [-0.39, 0.29) is 11.5 Å². The number of pyridine rings is 1. The summed E-state index contributed by atoms with van der Waals surface area (Å²) in [4.78, 5) is 37.7. The molecule has 5 rings (SSSR count). The summed E-state index contributed by atoms with van der Waals surface area (Å²) in [6.07, 6.45) is 2.53. The van der Waals surface area contributed by atoms with E-state index < -0.39 is 5.25 Å². The smallest absolute Gasteiger partial charge is 0.267 e. The van der Waals surface area contributed by atoms with Crippen molar-refractivity contribution in [2.45, 2.75) is 30.7 Å². The average Bonchev–Trinajstić information content (AvgIpc) is 3.23. The SMILES string of the molecule is Cc1ccnc(-n2c(SC(C)C(=O)N3CCc4ccccc43)nc3ccccc3c2=O)c1. The van der Waals surface area contributed by atoms with Gasteiger partial charge in [-0.3, -0.25) is 9.59 Å². The largest absolute Gasteiger partial charge is 0.311 e. The van der Waals surface area contributed by atoms with Crippen LogP contribution in [0, 0.1) is 6.92 Å². The van der Waals surface area contributed by atoms with Gasteiger partial charge in [-0.15, -0.1) is 0 Å². The standard InChI is InChI=1S/C25H22N4O2S/c1-16-11-13-26-22(15-16)29-24(31)19-8-4-5-9-20(19)27-25(29)32-17(2)23(30)28-14-12-18-7-3-6-10-21(18)28/h3-11,13,15,17H,12,14H2,1-2H3. The van der Waals surface area contributed by atoms with Crippen molar-refractivity contribution < 1.29 is 4.79 Å². The third-order valence-corrected chi connectivity index (χ3v) is 6.70. The Balaban J connectivity index is 1.56. The van der Waals surface area contributed by atoms with Crippen LogP contribution in [0.2, 0.25) is 0 Å². The number of aryl methyl sites for hydroxylation is 1. The van der Waals surface area contributed by atoms with Crippen molar-refractivity contribution >= 4 is 34.3 Å². The summed E-state index contributed by atoms with van der Waals surface area (Å²) < 4.78 is 1.52. The maximum Gasteiger partial charge on any atom is 0.267 e. The highest BCUT2D eigenvalue weighted by atomic mass is 32.2. The Hall–Kier alpha value is -3.45. The number of carbonyl (C=O) groups is 1. The van der Waals surface area contributed by atoms with Gasteiger partial charge in [0.05, 0.1) is 16.2 Å². The molecule has 6 nitrogen and oxygen atoms in total. The van der Waals surface area contributed by atoms with E-state index in [0.29, 0.717) is 28.4 Å². The number of hydrogen-bond acceptors (Lipinski definition) is 5. The van der Waals surface area contributed by atoms with Crippen LogP contribution in [0.15, 0.2) is 76.8 Å². The van der Waals surface area contributed by atoms with Gasteiger partial charge >= 0.3 is 0 Å². The Kier molecular flexibility index (Phi) is 5.27. The summed E-state index contributed by atoms with van der Waals surface area (Å²) in [5, 5.41) is 0.554. The Labute approximate surface area is 189 Å². The van der Waals surface area contributed by atoms with E-state index in [2.05, 4.69) is 11.1 Å². The van der Waals surface area contributed by atoms with Gasteiger partial charge in [0.2, 0.25) is 5.91 Å². The first-order chi connectivity index (χ1) is 15.5. The number of benzene rings is 2. The van der Waals surface area contributed by atoms with E-state index in [9.17, 15) is 9.59 Å². The lowest BCUT2D eigenvalue weighted by Gasteiger charge is -2.22. The van der Waals surface area contributed by atoms with Gasteiger partial charge in [-0.25, -0.2) is 14.5 Å². The molecule has 1 atom stereocenters. The van der Waals surface area contributed by atoms with E-state index in [1.807, 2.05) is 67.3 Å². The van der Waals surface area contributed by atoms with Crippen molar-refractivity contribution in [3.8, 4) is 5.82 Å². The molecule has 2 aromatic carbocycles. The fraction of sp³-hybridized carbons (Fsp3) is 0.200. The zero-order chi connectivity index (χ0) is 22.2. The zero-order valence-electron chi connectivity index (χ0n) is 17.9. The first-order valence-electron chi connectivity index (χ1n) is 10.5. The number of anilines is 1. The molecule has 2 aromatic heterocycles. The molecule has 160 valence electrons. The van der Waals surface area contributed by atoms with Crippen LogP contribution in [0.3, 0.4) is 0 Å². The predicted octanol–water partition coefficient (Wildman–Crippen LogP) is 4.16. The molecule has 0 radical (unpaired) electrons. The Bertz CT molecular complexity index is 1400. The number of rotatable bonds is 4. The molecule has 0 spiro atoms. The van der Waals surface area contributed by atoms with Crippen molar-refractivity contribution in [2.24, 2.45) is 0 Å².